The molecule has 0 saturated heterocycles. The van der Waals surface area contributed by atoms with E-state index in [9.17, 15) is 5.11 Å². The van der Waals surface area contributed by atoms with Crippen LogP contribution in [0.4, 0.5) is 0 Å². The van der Waals surface area contributed by atoms with Crippen LogP contribution >= 0.6 is 27.3 Å². The lowest BCUT2D eigenvalue weighted by Crippen LogP contribution is -1.76. The molecule has 0 bridgehead atoms. The zero-order valence-corrected chi connectivity index (χ0v) is 13.6. The second kappa shape index (κ2) is 5.23. The first-order valence-electron chi connectivity index (χ1n) is 6.53. The number of aromatic hydroxyl groups is 1. The van der Waals surface area contributed by atoms with Gasteiger partial charge in [0.05, 0.1) is 0 Å². The zero-order valence-electron chi connectivity index (χ0n) is 11.2. The maximum Gasteiger partial charge on any atom is 0.261 e. The Kier molecular flexibility index (Phi) is 3.20. The van der Waals surface area contributed by atoms with E-state index in [4.69, 9.17) is 4.42 Å². The van der Waals surface area contributed by atoms with E-state index in [1.165, 1.54) is 11.3 Å². The predicted octanol–water partition coefficient (Wildman–Crippen LogP) is 5.09. The number of hydrogen-bond donors (Lipinski definition) is 1. The molecule has 0 aliphatic heterocycles. The third-order valence-corrected chi connectivity index (χ3v) is 4.96. The molecule has 0 unspecified atom stereocenters. The number of rotatable bonds is 2. The Balaban J connectivity index is 1.80. The summed E-state index contributed by atoms with van der Waals surface area (Å²) in [7, 11) is 0. The highest BCUT2D eigenvalue weighted by molar-refractivity contribution is 9.10. The van der Waals surface area contributed by atoms with Gasteiger partial charge in [0.15, 0.2) is 0 Å². The van der Waals surface area contributed by atoms with Gasteiger partial charge in [-0.25, -0.2) is 0 Å². The molecule has 1 N–H and O–H groups in total. The average Bonchev–Trinajstić information content (AvgIpc) is 3.14. The van der Waals surface area contributed by atoms with E-state index in [1.807, 2.05) is 48.5 Å². The van der Waals surface area contributed by atoms with Gasteiger partial charge >= 0.3 is 0 Å². The summed E-state index contributed by atoms with van der Waals surface area (Å²) in [5.74, 6) is 0.947. The third-order valence-electron chi connectivity index (χ3n) is 3.28. The highest BCUT2D eigenvalue weighted by Gasteiger charge is 2.18. The molecule has 108 valence electrons. The first kappa shape index (κ1) is 13.5. The summed E-state index contributed by atoms with van der Waals surface area (Å²) in [5, 5.41) is 19.3. The van der Waals surface area contributed by atoms with Gasteiger partial charge in [0.25, 0.3) is 5.89 Å². The fourth-order valence-corrected chi connectivity index (χ4v) is 3.48. The number of halogens is 1. The normalized spacial score (nSPS) is 11.1. The molecule has 0 atom stereocenters. The number of hydrogen-bond acceptors (Lipinski definition) is 5. The van der Waals surface area contributed by atoms with Gasteiger partial charge in [-0.15, -0.1) is 21.5 Å². The highest BCUT2D eigenvalue weighted by atomic mass is 79.9. The highest BCUT2D eigenvalue weighted by Crippen LogP contribution is 2.43. The van der Waals surface area contributed by atoms with Crippen molar-refractivity contribution in [2.45, 2.75) is 0 Å². The molecular weight excluding hydrogens is 364 g/mol. The smallest absolute Gasteiger partial charge is 0.261 e. The Morgan fingerprint density at radius 1 is 0.955 bits per heavy atom. The third kappa shape index (κ3) is 2.20. The Bertz CT molecular complexity index is 960. The van der Waals surface area contributed by atoms with Gasteiger partial charge < -0.3 is 9.52 Å². The second-order valence-electron chi connectivity index (χ2n) is 4.70. The van der Waals surface area contributed by atoms with Crippen molar-refractivity contribution in [2.75, 3.05) is 0 Å². The lowest BCUT2D eigenvalue weighted by Gasteiger charge is -1.94. The molecule has 4 nitrogen and oxygen atoms in total. The van der Waals surface area contributed by atoms with Crippen molar-refractivity contribution >= 4 is 37.4 Å². The summed E-state index contributed by atoms with van der Waals surface area (Å²) in [6, 6.07) is 15.3. The minimum atomic E-state index is 0.187. The topological polar surface area (TPSA) is 59.2 Å². The maximum atomic E-state index is 10.3. The van der Waals surface area contributed by atoms with Crippen LogP contribution in [-0.4, -0.2) is 15.3 Å². The molecule has 4 aromatic rings. The van der Waals surface area contributed by atoms with Crippen molar-refractivity contribution in [1.82, 2.24) is 10.2 Å². The van der Waals surface area contributed by atoms with Gasteiger partial charge in [-0.2, -0.15) is 0 Å². The van der Waals surface area contributed by atoms with Crippen LogP contribution < -0.4 is 0 Å². The summed E-state index contributed by atoms with van der Waals surface area (Å²) >= 11 is 4.83. The van der Waals surface area contributed by atoms with Gasteiger partial charge in [-0.05, 0) is 36.4 Å². The van der Waals surface area contributed by atoms with Crippen molar-refractivity contribution in [3.8, 4) is 28.0 Å². The van der Waals surface area contributed by atoms with E-state index in [0.717, 1.165) is 20.1 Å². The van der Waals surface area contributed by atoms with E-state index < -0.39 is 0 Å². The van der Waals surface area contributed by atoms with Crippen molar-refractivity contribution in [1.29, 1.82) is 0 Å². The summed E-state index contributed by atoms with van der Waals surface area (Å²) in [4.78, 5) is 0.595. The lowest BCUT2D eigenvalue weighted by molar-refractivity contribution is 0.482. The molecular formula is C16H9BrN2O2S. The van der Waals surface area contributed by atoms with E-state index in [1.54, 1.807) is 0 Å². The first-order valence-corrected chi connectivity index (χ1v) is 8.13. The lowest BCUT2D eigenvalue weighted by atomic mass is 10.2. The molecule has 2 aromatic heterocycles. The quantitative estimate of drug-likeness (QED) is 0.532. The summed E-state index contributed by atoms with van der Waals surface area (Å²) in [6.07, 6.45) is 0. The molecule has 6 heteroatoms. The number of benzene rings is 2. The van der Waals surface area contributed by atoms with Crippen LogP contribution in [0.25, 0.3) is 32.3 Å². The van der Waals surface area contributed by atoms with Crippen LogP contribution in [-0.2, 0) is 0 Å². The molecule has 0 aliphatic carbocycles. The van der Waals surface area contributed by atoms with E-state index in [-0.39, 0.29) is 5.75 Å². The SMILES string of the molecule is Oc1c(-c2nnc(-c3ccc(Br)cc3)o2)sc2ccccc12. The first-order chi connectivity index (χ1) is 10.7. The number of thiophene rings is 1. The number of fused-ring (bicyclic) bond motifs is 1. The molecule has 0 fully saturated rings. The van der Waals surface area contributed by atoms with Crippen molar-refractivity contribution in [3.63, 3.8) is 0 Å². The van der Waals surface area contributed by atoms with Crippen LogP contribution in [0, 0.1) is 0 Å². The fourth-order valence-electron chi connectivity index (χ4n) is 2.20. The molecule has 0 radical (unpaired) electrons. The standard InChI is InChI=1S/C16H9BrN2O2S/c17-10-7-5-9(6-8-10)15-18-19-16(21-15)14-13(20)11-3-1-2-4-12(11)22-14/h1-8,20H. The van der Waals surface area contributed by atoms with Crippen molar-refractivity contribution < 1.29 is 9.52 Å². The molecule has 4 rings (SSSR count). The summed E-state index contributed by atoms with van der Waals surface area (Å²) in [6.45, 7) is 0. The largest absolute Gasteiger partial charge is 0.506 e. The fraction of sp³-hybridized carbons (Fsp3) is 0. The average molecular weight is 373 g/mol. The zero-order chi connectivity index (χ0) is 15.1. The van der Waals surface area contributed by atoms with Crippen LogP contribution in [0.3, 0.4) is 0 Å². The number of aromatic nitrogens is 2. The predicted molar refractivity (Wildman–Crippen MR) is 89.9 cm³/mol. The van der Waals surface area contributed by atoms with Gasteiger partial charge in [-0.1, -0.05) is 28.1 Å². The van der Waals surface area contributed by atoms with Crippen LogP contribution in [0.15, 0.2) is 57.4 Å². The van der Waals surface area contributed by atoms with Crippen LogP contribution in [0.2, 0.25) is 0 Å². The van der Waals surface area contributed by atoms with Gasteiger partial charge in [0, 0.05) is 20.1 Å². The monoisotopic (exact) mass is 372 g/mol. The minimum absolute atomic E-state index is 0.187. The molecule has 0 saturated carbocycles. The van der Waals surface area contributed by atoms with Crippen molar-refractivity contribution in [3.05, 3.63) is 53.0 Å². The Labute approximate surface area is 138 Å². The maximum absolute atomic E-state index is 10.3. The van der Waals surface area contributed by atoms with Crippen molar-refractivity contribution in [2.24, 2.45) is 0 Å². The summed E-state index contributed by atoms with van der Waals surface area (Å²) in [5.41, 5.74) is 0.836. The van der Waals surface area contributed by atoms with Gasteiger partial charge in [-0.3, -0.25) is 0 Å². The number of nitrogens with zero attached hydrogens (tertiary/aromatic N) is 2. The van der Waals surface area contributed by atoms with Crippen LogP contribution in [0.5, 0.6) is 5.75 Å². The van der Waals surface area contributed by atoms with Crippen LogP contribution in [0.1, 0.15) is 0 Å². The van der Waals surface area contributed by atoms with E-state index in [0.29, 0.717) is 16.7 Å². The molecule has 2 heterocycles. The Morgan fingerprint density at radius 3 is 2.45 bits per heavy atom. The summed E-state index contributed by atoms with van der Waals surface area (Å²) < 4.78 is 7.69. The Morgan fingerprint density at radius 2 is 1.68 bits per heavy atom. The van der Waals surface area contributed by atoms with E-state index in [2.05, 4.69) is 26.1 Å². The molecule has 0 aliphatic rings. The van der Waals surface area contributed by atoms with Gasteiger partial charge in [0.2, 0.25) is 5.89 Å². The van der Waals surface area contributed by atoms with Gasteiger partial charge in [0.1, 0.15) is 10.6 Å². The minimum Gasteiger partial charge on any atom is -0.506 e. The molecule has 22 heavy (non-hydrogen) atoms. The molecule has 0 amide bonds. The second-order valence-corrected chi connectivity index (χ2v) is 6.66. The molecule has 0 spiro atoms. The molecule has 2 aromatic carbocycles. The Hall–Kier alpha value is -2.18. The van der Waals surface area contributed by atoms with E-state index >= 15 is 0 Å².